The third kappa shape index (κ3) is 7.22. The summed E-state index contributed by atoms with van der Waals surface area (Å²) in [6.45, 7) is 2.35. The van der Waals surface area contributed by atoms with Crippen molar-refractivity contribution in [3.63, 3.8) is 0 Å². The molecule has 224 valence electrons. The van der Waals surface area contributed by atoms with Gasteiger partial charge in [-0.3, -0.25) is 4.18 Å². The lowest BCUT2D eigenvalue weighted by molar-refractivity contribution is -0.334. The van der Waals surface area contributed by atoms with Crippen LogP contribution in [0.3, 0.4) is 0 Å². The highest BCUT2D eigenvalue weighted by atomic mass is 32.2. The first-order valence-corrected chi connectivity index (χ1v) is 15.7. The number of hydrogen-bond acceptors (Lipinski definition) is 8. The van der Waals surface area contributed by atoms with Gasteiger partial charge in [-0.15, -0.1) is 0 Å². The van der Waals surface area contributed by atoms with E-state index in [4.69, 9.17) is 27.9 Å². The molecular weight excluding hydrogens is 568 g/mol. The van der Waals surface area contributed by atoms with Crippen LogP contribution in [0.25, 0.3) is 0 Å². The van der Waals surface area contributed by atoms with Crippen molar-refractivity contribution in [3.8, 4) is 0 Å². The Morgan fingerprint density at radius 3 is 1.70 bits per heavy atom. The summed E-state index contributed by atoms with van der Waals surface area (Å²) >= 11 is 0. The van der Waals surface area contributed by atoms with Gasteiger partial charge in [0, 0.05) is 11.1 Å². The number of benzene rings is 4. The largest absolute Gasteiger partial charge is 0.368 e. The minimum absolute atomic E-state index is 0.0442. The second kappa shape index (κ2) is 13.5. The maximum absolute atomic E-state index is 13.4. The van der Waals surface area contributed by atoms with E-state index in [1.165, 1.54) is 12.1 Å². The van der Waals surface area contributed by atoms with Crippen LogP contribution in [0.15, 0.2) is 120 Å². The molecule has 43 heavy (non-hydrogen) atoms. The topological polar surface area (TPSA) is 89.5 Å². The second-order valence-electron chi connectivity index (χ2n) is 10.6. The van der Waals surface area contributed by atoms with E-state index >= 15 is 0 Å². The fourth-order valence-corrected chi connectivity index (χ4v) is 6.24. The van der Waals surface area contributed by atoms with Gasteiger partial charge in [-0.2, -0.15) is 8.42 Å². The van der Waals surface area contributed by atoms with Crippen LogP contribution in [-0.4, -0.2) is 46.0 Å². The summed E-state index contributed by atoms with van der Waals surface area (Å²) in [5.74, 6) is 0. The van der Waals surface area contributed by atoms with Crippen molar-refractivity contribution in [2.24, 2.45) is 0 Å². The van der Waals surface area contributed by atoms with Crippen LogP contribution < -0.4 is 0 Å². The zero-order valence-corrected chi connectivity index (χ0v) is 24.5. The van der Waals surface area contributed by atoms with E-state index in [2.05, 4.69) is 0 Å². The first-order valence-electron chi connectivity index (χ1n) is 14.3. The van der Waals surface area contributed by atoms with Gasteiger partial charge in [0.1, 0.15) is 24.4 Å². The number of ether oxygens (including phenoxy) is 5. The van der Waals surface area contributed by atoms with E-state index in [0.29, 0.717) is 6.61 Å². The van der Waals surface area contributed by atoms with Crippen molar-refractivity contribution in [1.82, 2.24) is 0 Å². The molecule has 8 nitrogen and oxygen atoms in total. The van der Waals surface area contributed by atoms with Gasteiger partial charge in [0.2, 0.25) is 0 Å². The molecule has 9 heteroatoms. The molecule has 2 aliphatic heterocycles. The minimum Gasteiger partial charge on any atom is -0.368 e. The molecular formula is C34H34O8S. The van der Waals surface area contributed by atoms with Crippen LogP contribution in [0.5, 0.6) is 0 Å². The summed E-state index contributed by atoms with van der Waals surface area (Å²) < 4.78 is 64.3. The molecule has 6 atom stereocenters. The maximum Gasteiger partial charge on any atom is 0.297 e. The van der Waals surface area contributed by atoms with E-state index in [0.717, 1.165) is 22.3 Å². The van der Waals surface area contributed by atoms with Crippen molar-refractivity contribution in [1.29, 1.82) is 0 Å². The standard InChI is InChI=1S/C34H34O8S/c1-24-17-19-28(20-18-24)43(35,36)42-30-23-39-34(27-15-9-4-10-16-27)41-32(30)31-29(37-21-25-11-5-2-6-12-25)22-38-33(40-31)26-13-7-3-8-14-26/h2-20,29-34H,21-23H2,1H3/t29-,30-,31-,32-,33?,34?/m1/s1. The zero-order valence-electron chi connectivity index (χ0n) is 23.7. The van der Waals surface area contributed by atoms with E-state index < -0.39 is 47.1 Å². The lowest BCUT2D eigenvalue weighted by Gasteiger charge is -2.45. The predicted octanol–water partition coefficient (Wildman–Crippen LogP) is 5.88. The molecule has 0 amide bonds. The second-order valence-corrected chi connectivity index (χ2v) is 12.2. The van der Waals surface area contributed by atoms with E-state index in [1.54, 1.807) is 12.1 Å². The Morgan fingerprint density at radius 1 is 0.651 bits per heavy atom. The molecule has 2 saturated heterocycles. The molecule has 2 heterocycles. The molecule has 2 unspecified atom stereocenters. The molecule has 0 saturated carbocycles. The molecule has 0 aliphatic carbocycles. The Kier molecular flexibility index (Phi) is 9.30. The van der Waals surface area contributed by atoms with Gasteiger partial charge >= 0.3 is 0 Å². The van der Waals surface area contributed by atoms with Gasteiger partial charge in [-0.25, -0.2) is 0 Å². The summed E-state index contributed by atoms with van der Waals surface area (Å²) in [5, 5.41) is 0. The van der Waals surface area contributed by atoms with Crippen molar-refractivity contribution >= 4 is 10.1 Å². The Hall–Kier alpha value is -3.41. The molecule has 0 radical (unpaired) electrons. The fraction of sp³-hybridized carbons (Fsp3) is 0.294. The highest BCUT2D eigenvalue weighted by molar-refractivity contribution is 7.86. The van der Waals surface area contributed by atoms with Crippen LogP contribution >= 0.6 is 0 Å². The monoisotopic (exact) mass is 602 g/mol. The molecule has 2 fully saturated rings. The van der Waals surface area contributed by atoms with Crippen LogP contribution in [0, 0.1) is 6.92 Å². The first kappa shape index (κ1) is 29.7. The molecule has 0 spiro atoms. The van der Waals surface area contributed by atoms with Crippen LogP contribution in [0.1, 0.15) is 34.8 Å². The van der Waals surface area contributed by atoms with Crippen LogP contribution in [0.4, 0.5) is 0 Å². The summed E-state index contributed by atoms with van der Waals surface area (Å²) in [6.07, 6.45) is -4.71. The Morgan fingerprint density at radius 2 is 1.14 bits per heavy atom. The third-order valence-electron chi connectivity index (χ3n) is 7.45. The normalized spacial score (nSPS) is 26.2. The predicted molar refractivity (Wildman–Crippen MR) is 158 cm³/mol. The number of hydrogen-bond donors (Lipinski definition) is 0. The van der Waals surface area contributed by atoms with Gasteiger partial charge < -0.3 is 23.7 Å². The summed E-state index contributed by atoms with van der Waals surface area (Å²) in [6, 6.07) is 35.3. The van der Waals surface area contributed by atoms with Crippen LogP contribution in [0.2, 0.25) is 0 Å². The van der Waals surface area contributed by atoms with Crippen molar-refractivity contribution in [2.45, 2.75) is 55.4 Å². The zero-order chi connectivity index (χ0) is 29.6. The van der Waals surface area contributed by atoms with E-state index in [1.807, 2.05) is 97.9 Å². The Balaban J connectivity index is 1.32. The maximum atomic E-state index is 13.4. The summed E-state index contributed by atoms with van der Waals surface area (Å²) in [7, 11) is -4.16. The Bertz CT molecular complexity index is 1550. The lowest BCUT2D eigenvalue weighted by Crippen LogP contribution is -2.57. The molecule has 0 aromatic heterocycles. The van der Waals surface area contributed by atoms with Crippen LogP contribution in [-0.2, 0) is 44.6 Å². The van der Waals surface area contributed by atoms with Gasteiger partial charge in [0.05, 0.1) is 24.7 Å². The van der Waals surface area contributed by atoms with Gasteiger partial charge in [0.15, 0.2) is 12.6 Å². The van der Waals surface area contributed by atoms with Crippen molar-refractivity contribution < 1.29 is 36.3 Å². The quantitative estimate of drug-likeness (QED) is 0.220. The van der Waals surface area contributed by atoms with E-state index in [-0.39, 0.29) is 18.1 Å². The first-order chi connectivity index (χ1) is 21.0. The number of rotatable bonds is 9. The van der Waals surface area contributed by atoms with E-state index in [9.17, 15) is 8.42 Å². The Labute approximate surface area is 252 Å². The number of aryl methyl sites for hydroxylation is 1. The van der Waals surface area contributed by atoms with Gasteiger partial charge in [-0.05, 0) is 24.6 Å². The minimum atomic E-state index is -4.16. The smallest absolute Gasteiger partial charge is 0.297 e. The van der Waals surface area contributed by atoms with Crippen molar-refractivity contribution in [2.75, 3.05) is 13.2 Å². The highest BCUT2D eigenvalue weighted by Crippen LogP contribution is 2.37. The van der Waals surface area contributed by atoms with Crippen molar-refractivity contribution in [3.05, 3.63) is 138 Å². The third-order valence-corrected chi connectivity index (χ3v) is 8.80. The summed E-state index contributed by atoms with van der Waals surface area (Å²) in [4.78, 5) is 0.0500. The fourth-order valence-electron chi connectivity index (χ4n) is 5.17. The molecule has 2 aliphatic rings. The SMILES string of the molecule is Cc1ccc(S(=O)(=O)O[C@@H]2COC(c3ccccc3)O[C@H]2[C@@H]2OC(c3ccccc3)OC[C@H]2OCc2ccccc2)cc1. The molecule has 4 aromatic rings. The molecule has 6 rings (SSSR count). The van der Waals surface area contributed by atoms with Gasteiger partial charge in [0.25, 0.3) is 10.1 Å². The molecule has 0 N–H and O–H groups in total. The molecule has 0 bridgehead atoms. The molecule has 4 aromatic carbocycles. The highest BCUT2D eigenvalue weighted by Gasteiger charge is 2.48. The van der Waals surface area contributed by atoms with Gasteiger partial charge in [-0.1, -0.05) is 109 Å². The lowest BCUT2D eigenvalue weighted by atomic mass is 10.00. The summed E-state index contributed by atoms with van der Waals surface area (Å²) in [5.41, 5.74) is 3.54. The average Bonchev–Trinajstić information content (AvgIpc) is 3.05. The average molecular weight is 603 g/mol.